The molecule has 0 spiro atoms. The number of thiophene rings is 1. The number of aromatic nitrogens is 2. The molecular weight excluding hydrogens is 390 g/mol. The summed E-state index contributed by atoms with van der Waals surface area (Å²) in [5.74, 6) is 1.30. The summed E-state index contributed by atoms with van der Waals surface area (Å²) in [6, 6.07) is 10.9. The van der Waals surface area contributed by atoms with Crippen molar-refractivity contribution in [2.45, 2.75) is 6.04 Å². The van der Waals surface area contributed by atoms with E-state index in [9.17, 15) is 4.79 Å². The van der Waals surface area contributed by atoms with Gasteiger partial charge in [0.25, 0.3) is 5.91 Å². The molecule has 1 aromatic carbocycles. The number of hydrogen-bond donors (Lipinski definition) is 1. The van der Waals surface area contributed by atoms with Gasteiger partial charge in [-0.1, -0.05) is 18.2 Å². The number of para-hydroxylation sites is 1. The predicted molar refractivity (Wildman–Crippen MR) is 97.5 cm³/mol. The molecule has 0 saturated heterocycles. The van der Waals surface area contributed by atoms with Gasteiger partial charge in [-0.15, -0.1) is 11.3 Å². The number of hydrogen-bond acceptors (Lipinski definition) is 4. The Kier molecular flexibility index (Phi) is 5.01. The number of methoxy groups -OCH3 is 1. The largest absolute Gasteiger partial charge is 0.496 e. The van der Waals surface area contributed by atoms with Gasteiger partial charge in [0, 0.05) is 25.0 Å². The van der Waals surface area contributed by atoms with E-state index in [4.69, 9.17) is 4.74 Å². The lowest BCUT2D eigenvalue weighted by molar-refractivity contribution is 0.0945. The Morgan fingerprint density at radius 2 is 2.12 bits per heavy atom. The summed E-state index contributed by atoms with van der Waals surface area (Å²) in [5, 5.41) is 3.07. The van der Waals surface area contributed by atoms with Gasteiger partial charge in [0.15, 0.2) is 0 Å². The first kappa shape index (κ1) is 16.7. The van der Waals surface area contributed by atoms with Crippen molar-refractivity contribution in [3.8, 4) is 5.75 Å². The summed E-state index contributed by atoms with van der Waals surface area (Å²) >= 11 is 4.78. The highest BCUT2D eigenvalue weighted by Gasteiger charge is 2.24. The van der Waals surface area contributed by atoms with Gasteiger partial charge >= 0.3 is 0 Å². The van der Waals surface area contributed by atoms with Crippen LogP contribution in [0.1, 0.15) is 27.1 Å². The van der Waals surface area contributed by atoms with Gasteiger partial charge in [0.2, 0.25) is 0 Å². The smallest absolute Gasteiger partial charge is 0.262 e. The Labute approximate surface area is 152 Å². The first-order chi connectivity index (χ1) is 11.6. The van der Waals surface area contributed by atoms with Crippen molar-refractivity contribution in [1.29, 1.82) is 0 Å². The summed E-state index contributed by atoms with van der Waals surface area (Å²) in [5.41, 5.74) is 0.860. The van der Waals surface area contributed by atoms with Crippen LogP contribution in [0.15, 0.2) is 52.6 Å². The summed E-state index contributed by atoms with van der Waals surface area (Å²) < 4.78 is 8.27. The maximum Gasteiger partial charge on any atom is 0.262 e. The van der Waals surface area contributed by atoms with Crippen LogP contribution in [0.4, 0.5) is 0 Å². The molecule has 1 amide bonds. The van der Waals surface area contributed by atoms with Crippen LogP contribution >= 0.6 is 27.3 Å². The van der Waals surface area contributed by atoms with Gasteiger partial charge in [-0.05, 0) is 34.1 Å². The molecule has 5 nitrogen and oxygen atoms in total. The molecule has 1 atom stereocenters. The fourth-order valence-corrected chi connectivity index (χ4v) is 3.77. The number of carbonyl (C=O) groups is 1. The summed E-state index contributed by atoms with van der Waals surface area (Å²) in [6.07, 6.45) is 3.57. The molecule has 24 heavy (non-hydrogen) atoms. The van der Waals surface area contributed by atoms with Crippen LogP contribution in [-0.4, -0.2) is 22.6 Å². The average Bonchev–Trinajstić information content (AvgIpc) is 3.21. The summed E-state index contributed by atoms with van der Waals surface area (Å²) in [7, 11) is 3.52. The van der Waals surface area contributed by atoms with Crippen molar-refractivity contribution in [3.63, 3.8) is 0 Å². The fourth-order valence-electron chi connectivity index (χ4n) is 2.48. The number of benzene rings is 1. The quantitative estimate of drug-likeness (QED) is 0.702. The first-order valence-electron chi connectivity index (χ1n) is 7.26. The van der Waals surface area contributed by atoms with E-state index >= 15 is 0 Å². The third-order valence-electron chi connectivity index (χ3n) is 3.64. The van der Waals surface area contributed by atoms with E-state index in [0.717, 1.165) is 15.2 Å². The van der Waals surface area contributed by atoms with Crippen LogP contribution in [0.25, 0.3) is 0 Å². The van der Waals surface area contributed by atoms with Crippen molar-refractivity contribution in [2.24, 2.45) is 7.05 Å². The number of nitrogens with one attached hydrogen (secondary N) is 1. The van der Waals surface area contributed by atoms with E-state index in [0.29, 0.717) is 10.6 Å². The van der Waals surface area contributed by atoms with E-state index in [1.165, 1.54) is 11.3 Å². The Morgan fingerprint density at radius 3 is 2.75 bits per heavy atom. The molecule has 3 aromatic rings. The minimum absolute atomic E-state index is 0.149. The lowest BCUT2D eigenvalue weighted by Gasteiger charge is -2.21. The molecular formula is C17H16BrN3O2S. The third-order valence-corrected chi connectivity index (χ3v) is 5.26. The van der Waals surface area contributed by atoms with Crippen molar-refractivity contribution in [3.05, 3.63) is 68.8 Å². The normalized spacial score (nSPS) is 12.0. The van der Waals surface area contributed by atoms with Crippen LogP contribution in [0.5, 0.6) is 5.75 Å². The molecule has 3 rings (SSSR count). The highest BCUT2D eigenvalue weighted by Crippen LogP contribution is 2.30. The van der Waals surface area contributed by atoms with Gasteiger partial charge in [-0.2, -0.15) is 0 Å². The van der Waals surface area contributed by atoms with Crippen LogP contribution < -0.4 is 10.1 Å². The monoisotopic (exact) mass is 405 g/mol. The number of halogens is 1. The maximum absolute atomic E-state index is 12.6. The Hall–Kier alpha value is -2.12. The molecule has 2 heterocycles. The van der Waals surface area contributed by atoms with Gasteiger partial charge in [-0.3, -0.25) is 4.79 Å². The van der Waals surface area contributed by atoms with Crippen LogP contribution in [0.2, 0.25) is 0 Å². The van der Waals surface area contributed by atoms with E-state index in [-0.39, 0.29) is 5.91 Å². The van der Waals surface area contributed by atoms with E-state index in [2.05, 4.69) is 26.2 Å². The van der Waals surface area contributed by atoms with Crippen LogP contribution in [0, 0.1) is 0 Å². The number of nitrogens with zero attached hydrogens (tertiary/aromatic N) is 2. The topological polar surface area (TPSA) is 56.1 Å². The molecule has 2 aromatic heterocycles. The zero-order valence-electron chi connectivity index (χ0n) is 13.2. The highest BCUT2D eigenvalue weighted by atomic mass is 79.9. The second kappa shape index (κ2) is 7.19. The lowest BCUT2D eigenvalue weighted by atomic mass is 10.0. The molecule has 0 bridgehead atoms. The third kappa shape index (κ3) is 3.37. The molecule has 0 aliphatic carbocycles. The van der Waals surface area contributed by atoms with E-state index < -0.39 is 6.04 Å². The van der Waals surface area contributed by atoms with Crippen LogP contribution in [-0.2, 0) is 7.05 Å². The zero-order chi connectivity index (χ0) is 17.1. The Bertz CT molecular complexity index is 859. The number of amides is 1. The number of carbonyl (C=O) groups excluding carboxylic acids is 1. The molecule has 1 N–H and O–H groups in total. The molecule has 0 aliphatic heterocycles. The minimum atomic E-state index is -0.408. The number of aryl methyl sites for hydroxylation is 1. The maximum atomic E-state index is 12.6. The predicted octanol–water partition coefficient (Wildman–Crippen LogP) is 3.77. The summed E-state index contributed by atoms with van der Waals surface area (Å²) in [6.45, 7) is 0. The van der Waals surface area contributed by atoms with Gasteiger partial charge in [-0.25, -0.2) is 4.98 Å². The van der Waals surface area contributed by atoms with Crippen molar-refractivity contribution in [2.75, 3.05) is 7.11 Å². The molecule has 0 aliphatic rings. The lowest BCUT2D eigenvalue weighted by Crippen LogP contribution is -2.30. The molecule has 124 valence electrons. The second-order valence-electron chi connectivity index (χ2n) is 5.15. The number of imidazole rings is 1. The van der Waals surface area contributed by atoms with Crippen molar-refractivity contribution in [1.82, 2.24) is 14.9 Å². The molecule has 0 radical (unpaired) electrons. The second-order valence-corrected chi connectivity index (χ2v) is 7.61. The molecule has 7 heteroatoms. The Balaban J connectivity index is 2.00. The van der Waals surface area contributed by atoms with Crippen LogP contribution in [0.3, 0.4) is 0 Å². The highest BCUT2D eigenvalue weighted by molar-refractivity contribution is 9.11. The standard InChI is InChI=1S/C17H16BrN3O2S/c1-21-10-9-19-16(21)15(11-5-3-4-6-12(11)23-2)20-17(22)13-7-8-14(18)24-13/h3-10,15H,1-2H3,(H,20,22). The van der Waals surface area contributed by atoms with E-state index in [1.54, 1.807) is 19.4 Å². The first-order valence-corrected chi connectivity index (χ1v) is 8.87. The average molecular weight is 406 g/mol. The van der Waals surface area contributed by atoms with Gasteiger partial charge < -0.3 is 14.6 Å². The zero-order valence-corrected chi connectivity index (χ0v) is 15.6. The Morgan fingerprint density at radius 1 is 1.33 bits per heavy atom. The molecule has 0 saturated carbocycles. The van der Waals surface area contributed by atoms with Gasteiger partial charge in [0.05, 0.1) is 15.8 Å². The molecule has 1 unspecified atom stereocenters. The summed E-state index contributed by atoms with van der Waals surface area (Å²) in [4.78, 5) is 17.7. The molecule has 0 fully saturated rings. The van der Waals surface area contributed by atoms with E-state index in [1.807, 2.05) is 48.1 Å². The van der Waals surface area contributed by atoms with Crippen molar-refractivity contribution < 1.29 is 9.53 Å². The SMILES string of the molecule is COc1ccccc1C(NC(=O)c1ccc(Br)s1)c1nccn1C. The van der Waals surface area contributed by atoms with Gasteiger partial charge in [0.1, 0.15) is 17.6 Å². The van der Waals surface area contributed by atoms with Crippen molar-refractivity contribution >= 4 is 33.2 Å². The fraction of sp³-hybridized carbons (Fsp3) is 0.176. The number of rotatable bonds is 5. The minimum Gasteiger partial charge on any atom is -0.496 e. The number of ether oxygens (including phenoxy) is 1.